The fourth-order valence-corrected chi connectivity index (χ4v) is 3.92. The van der Waals surface area contributed by atoms with Crippen LogP contribution in [0.4, 0.5) is 17.1 Å². The lowest BCUT2D eigenvalue weighted by Gasteiger charge is -2.37. The number of hydrogen-bond acceptors (Lipinski definition) is 5. The summed E-state index contributed by atoms with van der Waals surface area (Å²) in [4.78, 5) is 10.4. The van der Waals surface area contributed by atoms with Crippen molar-refractivity contribution in [1.29, 1.82) is 0 Å². The van der Waals surface area contributed by atoms with Crippen molar-refractivity contribution in [3.05, 3.63) is 64.9 Å². The molecule has 0 saturated carbocycles. The van der Waals surface area contributed by atoms with Crippen LogP contribution < -0.4 is 14.6 Å². The maximum atomic E-state index is 9.43. The van der Waals surface area contributed by atoms with Gasteiger partial charge in [-0.15, -0.1) is 11.3 Å². The van der Waals surface area contributed by atoms with Crippen LogP contribution in [0.2, 0.25) is 0 Å². The molecule has 3 aromatic rings. The largest absolute Gasteiger partial charge is 0.508 e. The Morgan fingerprint density at radius 1 is 0.846 bits per heavy atom. The molecule has 4 rings (SSSR count). The summed E-state index contributed by atoms with van der Waals surface area (Å²) in [7, 11) is 2.01. The molecule has 26 heavy (non-hydrogen) atoms. The van der Waals surface area contributed by atoms with Gasteiger partial charge >= 0.3 is 0 Å². The summed E-state index contributed by atoms with van der Waals surface area (Å²) in [5.41, 5.74) is 3.39. The molecule has 1 N–H and O–H groups in total. The molecule has 1 fully saturated rings. The molecule has 0 spiro atoms. The SMILES string of the molecule is Cn1ccsc1=Nc1ccc(N2CCN(c3ccc(O)cc3)CC2)cc1. The molecule has 1 aromatic heterocycles. The predicted octanol–water partition coefficient (Wildman–Crippen LogP) is 3.35. The van der Waals surface area contributed by atoms with Crippen LogP contribution in [0.25, 0.3) is 0 Å². The average molecular weight is 366 g/mol. The number of phenolic OH excluding ortho intramolecular Hbond substituents is 1. The normalized spacial score (nSPS) is 15.5. The maximum Gasteiger partial charge on any atom is 0.189 e. The van der Waals surface area contributed by atoms with Crippen LogP contribution in [0.15, 0.2) is 65.1 Å². The van der Waals surface area contributed by atoms with Crippen LogP contribution in [-0.4, -0.2) is 35.9 Å². The van der Waals surface area contributed by atoms with Crippen LogP contribution in [-0.2, 0) is 7.05 Å². The van der Waals surface area contributed by atoms with Crippen LogP contribution in [0, 0.1) is 0 Å². The number of anilines is 2. The lowest BCUT2D eigenvalue weighted by molar-refractivity contribution is 0.475. The molecule has 2 aromatic carbocycles. The molecule has 0 unspecified atom stereocenters. The second kappa shape index (κ2) is 7.25. The van der Waals surface area contributed by atoms with E-state index in [0.717, 1.165) is 36.7 Å². The first-order valence-corrected chi connectivity index (χ1v) is 9.61. The third-order valence-electron chi connectivity index (χ3n) is 4.69. The van der Waals surface area contributed by atoms with E-state index in [1.54, 1.807) is 23.5 Å². The van der Waals surface area contributed by atoms with Gasteiger partial charge in [-0.1, -0.05) is 0 Å². The number of aromatic nitrogens is 1. The molecule has 5 nitrogen and oxygen atoms in total. The van der Waals surface area contributed by atoms with Crippen molar-refractivity contribution in [2.45, 2.75) is 0 Å². The summed E-state index contributed by atoms with van der Waals surface area (Å²) in [6.45, 7) is 3.92. The number of phenols is 1. The number of benzene rings is 2. The number of hydrogen-bond donors (Lipinski definition) is 1. The maximum absolute atomic E-state index is 9.43. The second-order valence-electron chi connectivity index (χ2n) is 6.42. The van der Waals surface area contributed by atoms with E-state index in [2.05, 4.69) is 39.1 Å². The van der Waals surface area contributed by atoms with Gasteiger partial charge in [-0.3, -0.25) is 0 Å². The van der Waals surface area contributed by atoms with Crippen molar-refractivity contribution < 1.29 is 5.11 Å². The molecule has 6 heteroatoms. The summed E-state index contributed by atoms with van der Waals surface area (Å²) in [6.07, 6.45) is 2.02. The summed E-state index contributed by atoms with van der Waals surface area (Å²) in [5.74, 6) is 0.314. The van der Waals surface area contributed by atoms with Crippen LogP contribution >= 0.6 is 11.3 Å². The molecular weight excluding hydrogens is 344 g/mol. The van der Waals surface area contributed by atoms with Gasteiger partial charge in [0.05, 0.1) is 5.69 Å². The van der Waals surface area contributed by atoms with Crippen LogP contribution in [0.5, 0.6) is 5.75 Å². The Hall–Kier alpha value is -2.73. The Morgan fingerprint density at radius 2 is 1.38 bits per heavy atom. The smallest absolute Gasteiger partial charge is 0.189 e. The van der Waals surface area contributed by atoms with Gasteiger partial charge in [-0.05, 0) is 48.5 Å². The van der Waals surface area contributed by atoms with E-state index >= 15 is 0 Å². The molecule has 2 heterocycles. The summed E-state index contributed by atoms with van der Waals surface area (Å²) < 4.78 is 2.03. The summed E-state index contributed by atoms with van der Waals surface area (Å²) >= 11 is 1.64. The Labute approximate surface area is 157 Å². The third-order valence-corrected chi connectivity index (χ3v) is 5.54. The van der Waals surface area contributed by atoms with Crippen molar-refractivity contribution in [3.8, 4) is 5.75 Å². The van der Waals surface area contributed by atoms with E-state index in [9.17, 15) is 5.11 Å². The monoisotopic (exact) mass is 366 g/mol. The number of aromatic hydroxyl groups is 1. The Bertz CT molecular complexity index is 919. The van der Waals surface area contributed by atoms with Gasteiger partial charge in [0, 0.05) is 56.2 Å². The van der Waals surface area contributed by atoms with E-state index in [1.807, 2.05) is 35.3 Å². The van der Waals surface area contributed by atoms with E-state index < -0.39 is 0 Å². The molecule has 0 atom stereocenters. The molecule has 1 aliphatic heterocycles. The molecule has 0 radical (unpaired) electrons. The zero-order valence-corrected chi connectivity index (χ0v) is 15.6. The minimum atomic E-state index is 0.314. The number of piperazine rings is 1. The predicted molar refractivity (Wildman–Crippen MR) is 107 cm³/mol. The first kappa shape index (κ1) is 16.7. The van der Waals surface area contributed by atoms with Gasteiger partial charge in [0.1, 0.15) is 5.75 Å². The molecule has 0 bridgehead atoms. The fourth-order valence-electron chi connectivity index (χ4n) is 3.17. The molecule has 0 amide bonds. The topological polar surface area (TPSA) is 44.0 Å². The minimum absolute atomic E-state index is 0.314. The lowest BCUT2D eigenvalue weighted by atomic mass is 10.2. The van der Waals surface area contributed by atoms with Gasteiger partial charge in [0.15, 0.2) is 4.80 Å². The fraction of sp³-hybridized carbons (Fsp3) is 0.250. The van der Waals surface area contributed by atoms with Crippen molar-refractivity contribution >= 4 is 28.4 Å². The standard InChI is InChI=1S/C20H22N4OS/c1-22-14-15-26-20(22)21-16-2-4-17(5-3-16)23-10-12-24(13-11-23)18-6-8-19(25)9-7-18/h2-9,14-15,25H,10-13H2,1H3. The number of rotatable bonds is 3. The molecule has 1 aliphatic rings. The highest BCUT2D eigenvalue weighted by Gasteiger charge is 2.17. The Morgan fingerprint density at radius 3 is 1.88 bits per heavy atom. The number of nitrogens with zero attached hydrogens (tertiary/aromatic N) is 4. The lowest BCUT2D eigenvalue weighted by Crippen LogP contribution is -2.46. The third kappa shape index (κ3) is 3.60. The Kier molecular flexibility index (Phi) is 4.67. The first-order valence-electron chi connectivity index (χ1n) is 8.73. The first-order chi connectivity index (χ1) is 12.7. The summed E-state index contributed by atoms with van der Waals surface area (Å²) in [6, 6.07) is 15.9. The van der Waals surface area contributed by atoms with Crippen molar-refractivity contribution in [3.63, 3.8) is 0 Å². The molecule has 1 saturated heterocycles. The highest BCUT2D eigenvalue weighted by molar-refractivity contribution is 7.07. The van der Waals surface area contributed by atoms with E-state index in [0.29, 0.717) is 5.75 Å². The van der Waals surface area contributed by atoms with Crippen molar-refractivity contribution in [1.82, 2.24) is 4.57 Å². The van der Waals surface area contributed by atoms with E-state index in [4.69, 9.17) is 0 Å². The average Bonchev–Trinajstić information content (AvgIpc) is 3.08. The van der Waals surface area contributed by atoms with Gasteiger partial charge < -0.3 is 19.5 Å². The second-order valence-corrected chi connectivity index (χ2v) is 7.29. The quantitative estimate of drug-likeness (QED) is 0.773. The van der Waals surface area contributed by atoms with Crippen LogP contribution in [0.1, 0.15) is 0 Å². The van der Waals surface area contributed by atoms with Gasteiger partial charge in [-0.2, -0.15) is 0 Å². The van der Waals surface area contributed by atoms with Gasteiger partial charge in [0.25, 0.3) is 0 Å². The Balaban J connectivity index is 1.42. The van der Waals surface area contributed by atoms with Gasteiger partial charge in [-0.25, -0.2) is 4.99 Å². The zero-order chi connectivity index (χ0) is 17.9. The zero-order valence-electron chi connectivity index (χ0n) is 14.7. The highest BCUT2D eigenvalue weighted by atomic mass is 32.1. The highest BCUT2D eigenvalue weighted by Crippen LogP contribution is 2.24. The summed E-state index contributed by atoms with van der Waals surface area (Å²) in [5, 5.41) is 11.5. The van der Waals surface area contributed by atoms with E-state index in [-0.39, 0.29) is 0 Å². The minimum Gasteiger partial charge on any atom is -0.508 e. The molecule has 134 valence electrons. The van der Waals surface area contributed by atoms with Crippen LogP contribution in [0.3, 0.4) is 0 Å². The molecular formula is C20H22N4OS. The van der Waals surface area contributed by atoms with E-state index in [1.165, 1.54) is 11.4 Å². The number of aryl methyl sites for hydroxylation is 1. The molecule has 0 aliphatic carbocycles. The number of thiazole rings is 1. The van der Waals surface area contributed by atoms with Crippen molar-refractivity contribution in [2.75, 3.05) is 36.0 Å². The van der Waals surface area contributed by atoms with Crippen molar-refractivity contribution in [2.24, 2.45) is 12.0 Å². The van der Waals surface area contributed by atoms with Gasteiger partial charge in [0.2, 0.25) is 0 Å².